The Bertz CT molecular complexity index is 507. The quantitative estimate of drug-likeness (QED) is 0.282. The lowest BCUT2D eigenvalue weighted by Gasteiger charge is -2.02. The Morgan fingerprint density at radius 3 is 2.69 bits per heavy atom. The summed E-state index contributed by atoms with van der Waals surface area (Å²) >= 11 is 5.33. The van der Waals surface area contributed by atoms with E-state index in [2.05, 4.69) is 0 Å². The Morgan fingerprint density at radius 2 is 2.25 bits per heavy atom. The number of Topliss-reactive ketones (excluding diaryl/α,β-unsaturated/α-hetero) is 1. The first-order valence-electron chi connectivity index (χ1n) is 4.08. The number of nitriles is 1. The minimum Gasteiger partial charge on any atom is -0.393 e. The smallest absolute Gasteiger partial charge is 0.309 e. The van der Waals surface area contributed by atoms with Crippen LogP contribution in [-0.2, 0) is 0 Å². The van der Waals surface area contributed by atoms with Crippen molar-refractivity contribution in [3.05, 3.63) is 33.4 Å². The van der Waals surface area contributed by atoms with E-state index in [1.165, 1.54) is 0 Å². The molecular formula is C9H6ClN3O3. The number of anilines is 1. The second-order valence-electron chi connectivity index (χ2n) is 2.89. The van der Waals surface area contributed by atoms with Gasteiger partial charge in [-0.3, -0.25) is 14.9 Å². The molecule has 6 nitrogen and oxygen atoms in total. The first-order chi connectivity index (χ1) is 7.51. The van der Waals surface area contributed by atoms with Crippen molar-refractivity contribution >= 4 is 28.8 Å². The predicted octanol–water partition coefficient (Wildman–Crippen LogP) is 1.47. The van der Waals surface area contributed by atoms with Crippen molar-refractivity contribution in [2.45, 2.75) is 0 Å². The largest absolute Gasteiger partial charge is 0.393 e. The number of ketones is 1. The molecule has 16 heavy (non-hydrogen) atoms. The average molecular weight is 240 g/mol. The Labute approximate surface area is 95.4 Å². The molecular weight excluding hydrogens is 234 g/mol. The Kier molecular flexibility index (Phi) is 3.43. The number of hydrogen-bond donors (Lipinski definition) is 1. The molecule has 82 valence electrons. The van der Waals surface area contributed by atoms with Gasteiger partial charge in [-0.2, -0.15) is 5.26 Å². The fourth-order valence-electron chi connectivity index (χ4n) is 1.18. The molecule has 1 rings (SSSR count). The number of carbonyl (C=O) groups is 1. The summed E-state index contributed by atoms with van der Waals surface area (Å²) in [7, 11) is 0. The molecule has 2 N–H and O–H groups in total. The van der Waals surface area contributed by atoms with E-state index >= 15 is 0 Å². The highest BCUT2D eigenvalue weighted by molar-refractivity contribution is 6.30. The number of benzene rings is 1. The summed E-state index contributed by atoms with van der Waals surface area (Å²) in [6, 6.07) is 3.87. The maximum Gasteiger partial charge on any atom is 0.309 e. The van der Waals surface area contributed by atoms with Gasteiger partial charge in [-0.1, -0.05) is 0 Å². The van der Waals surface area contributed by atoms with Gasteiger partial charge in [-0.15, -0.1) is 11.6 Å². The zero-order valence-electron chi connectivity index (χ0n) is 7.94. The van der Waals surface area contributed by atoms with Gasteiger partial charge in [-0.05, 0) is 12.1 Å². The van der Waals surface area contributed by atoms with E-state index < -0.39 is 16.4 Å². The van der Waals surface area contributed by atoms with Crippen LogP contribution in [0.4, 0.5) is 11.4 Å². The first-order valence-corrected chi connectivity index (χ1v) is 4.62. The van der Waals surface area contributed by atoms with Gasteiger partial charge in [0, 0.05) is 5.56 Å². The zero-order chi connectivity index (χ0) is 12.3. The van der Waals surface area contributed by atoms with Crippen molar-refractivity contribution in [2.75, 3.05) is 11.6 Å². The van der Waals surface area contributed by atoms with Crippen molar-refractivity contribution in [3.8, 4) is 6.07 Å². The summed E-state index contributed by atoms with van der Waals surface area (Å²) in [5, 5.41) is 19.3. The molecule has 1 aromatic carbocycles. The third-order valence-corrected chi connectivity index (χ3v) is 2.13. The molecule has 0 heterocycles. The molecule has 0 amide bonds. The minimum absolute atomic E-state index is 0.0923. The molecule has 0 aromatic heterocycles. The lowest BCUT2D eigenvalue weighted by Crippen LogP contribution is -2.05. The van der Waals surface area contributed by atoms with E-state index in [1.54, 1.807) is 6.07 Å². The highest BCUT2D eigenvalue weighted by atomic mass is 35.5. The van der Waals surface area contributed by atoms with Gasteiger partial charge in [0.15, 0.2) is 5.78 Å². The lowest BCUT2D eigenvalue weighted by atomic mass is 10.1. The molecule has 0 spiro atoms. The van der Waals surface area contributed by atoms with Crippen LogP contribution in [-0.4, -0.2) is 16.6 Å². The first kappa shape index (κ1) is 11.9. The third-order valence-electron chi connectivity index (χ3n) is 1.89. The number of nitrogens with zero attached hydrogens (tertiary/aromatic N) is 2. The van der Waals surface area contributed by atoms with E-state index in [9.17, 15) is 14.9 Å². The van der Waals surface area contributed by atoms with E-state index in [-0.39, 0.29) is 22.7 Å². The van der Waals surface area contributed by atoms with Crippen molar-refractivity contribution in [3.63, 3.8) is 0 Å². The van der Waals surface area contributed by atoms with Crippen LogP contribution >= 0.6 is 11.6 Å². The molecule has 0 radical (unpaired) electrons. The fraction of sp³-hybridized carbons (Fsp3) is 0.111. The molecule has 0 aliphatic carbocycles. The van der Waals surface area contributed by atoms with Crippen LogP contribution in [0.2, 0.25) is 0 Å². The minimum atomic E-state index is -0.761. The standard InChI is InChI=1S/C9H6ClN3O3/c10-3-8(14)5-1-6(4-11)9(13(15)16)7(12)2-5/h1-2H,3,12H2. The van der Waals surface area contributed by atoms with Crippen LogP contribution in [0.25, 0.3) is 0 Å². The number of nitrogen functional groups attached to an aromatic ring is 1. The van der Waals surface area contributed by atoms with Crippen LogP contribution in [0.5, 0.6) is 0 Å². The highest BCUT2D eigenvalue weighted by Crippen LogP contribution is 2.27. The Morgan fingerprint density at radius 1 is 1.62 bits per heavy atom. The number of nitrogens with two attached hydrogens (primary N) is 1. The van der Waals surface area contributed by atoms with Crippen LogP contribution in [0.3, 0.4) is 0 Å². The lowest BCUT2D eigenvalue weighted by molar-refractivity contribution is -0.384. The molecule has 0 aliphatic heterocycles. The second-order valence-corrected chi connectivity index (χ2v) is 3.15. The normalized spacial score (nSPS) is 9.50. The number of rotatable bonds is 3. The van der Waals surface area contributed by atoms with Crippen LogP contribution in [0.15, 0.2) is 12.1 Å². The molecule has 0 saturated carbocycles. The summed E-state index contributed by atoms with van der Waals surface area (Å²) in [4.78, 5) is 21.1. The predicted molar refractivity (Wildman–Crippen MR) is 57.3 cm³/mol. The van der Waals surface area contributed by atoms with E-state index in [4.69, 9.17) is 22.6 Å². The van der Waals surface area contributed by atoms with E-state index in [0.29, 0.717) is 0 Å². The van der Waals surface area contributed by atoms with Gasteiger partial charge < -0.3 is 5.73 Å². The molecule has 7 heteroatoms. The molecule has 0 bridgehead atoms. The van der Waals surface area contributed by atoms with Crippen molar-refractivity contribution < 1.29 is 9.72 Å². The highest BCUT2D eigenvalue weighted by Gasteiger charge is 2.21. The SMILES string of the molecule is N#Cc1cc(C(=O)CCl)cc(N)c1[N+](=O)[O-]. The Hall–Kier alpha value is -2.13. The monoisotopic (exact) mass is 239 g/mol. The Balaban J connectivity index is 3.45. The number of carbonyl (C=O) groups excluding carboxylic acids is 1. The molecule has 0 saturated heterocycles. The van der Waals surface area contributed by atoms with Crippen LogP contribution in [0, 0.1) is 21.4 Å². The van der Waals surface area contributed by atoms with Gasteiger partial charge in [0.2, 0.25) is 0 Å². The molecule has 1 aromatic rings. The van der Waals surface area contributed by atoms with Gasteiger partial charge in [0.1, 0.15) is 17.3 Å². The number of nitro groups is 1. The summed E-state index contributed by atoms with van der Waals surface area (Å²) in [6.45, 7) is 0. The van der Waals surface area contributed by atoms with Crippen molar-refractivity contribution in [1.29, 1.82) is 5.26 Å². The van der Waals surface area contributed by atoms with Crippen LogP contribution in [0.1, 0.15) is 15.9 Å². The molecule has 0 atom stereocenters. The second kappa shape index (κ2) is 4.59. The molecule has 0 unspecified atom stereocenters. The summed E-state index contributed by atoms with van der Waals surface area (Å²) < 4.78 is 0. The zero-order valence-corrected chi connectivity index (χ0v) is 8.69. The van der Waals surface area contributed by atoms with Crippen LogP contribution < -0.4 is 5.73 Å². The molecule has 0 aliphatic rings. The third kappa shape index (κ3) is 2.10. The van der Waals surface area contributed by atoms with Crippen molar-refractivity contribution in [2.24, 2.45) is 0 Å². The van der Waals surface area contributed by atoms with Crippen molar-refractivity contribution in [1.82, 2.24) is 0 Å². The van der Waals surface area contributed by atoms with Gasteiger partial charge in [0.05, 0.1) is 10.8 Å². The maximum atomic E-state index is 11.2. The topological polar surface area (TPSA) is 110 Å². The number of alkyl halides is 1. The number of halogens is 1. The fourth-order valence-corrected chi connectivity index (χ4v) is 1.34. The van der Waals surface area contributed by atoms with E-state index in [1.807, 2.05) is 0 Å². The number of nitro benzene ring substituents is 1. The van der Waals surface area contributed by atoms with E-state index in [0.717, 1.165) is 12.1 Å². The summed E-state index contributed by atoms with van der Waals surface area (Å²) in [5.74, 6) is -0.720. The maximum absolute atomic E-state index is 11.2. The summed E-state index contributed by atoms with van der Waals surface area (Å²) in [5.41, 5.74) is 4.53. The summed E-state index contributed by atoms with van der Waals surface area (Å²) in [6.07, 6.45) is 0. The number of hydrogen-bond acceptors (Lipinski definition) is 5. The average Bonchev–Trinajstić information content (AvgIpc) is 2.26. The molecule has 0 fully saturated rings. The van der Waals surface area contributed by atoms with Gasteiger partial charge in [-0.25, -0.2) is 0 Å². The van der Waals surface area contributed by atoms with Gasteiger partial charge >= 0.3 is 5.69 Å². The van der Waals surface area contributed by atoms with Gasteiger partial charge in [0.25, 0.3) is 0 Å².